The van der Waals surface area contributed by atoms with Crippen molar-refractivity contribution in [2.24, 2.45) is 5.73 Å². The van der Waals surface area contributed by atoms with E-state index in [1.807, 2.05) is 0 Å². The van der Waals surface area contributed by atoms with Crippen molar-refractivity contribution >= 4 is 5.91 Å². The van der Waals surface area contributed by atoms with Crippen LogP contribution in [0.5, 0.6) is 0 Å². The lowest BCUT2D eigenvalue weighted by molar-refractivity contribution is -0.117. The van der Waals surface area contributed by atoms with E-state index >= 15 is 0 Å². The molecule has 4 heteroatoms. The maximum absolute atomic E-state index is 10.4. The number of nitrogens with two attached hydrogens (primary N) is 1. The number of carbonyl (C=O) groups is 1. The SMILES string of the molecule is NC(=O)CNCCCC1CCCO1. The monoisotopic (exact) mass is 186 g/mol. The number of carbonyl (C=O) groups excluding carboxylic acids is 1. The Labute approximate surface area is 78.8 Å². The van der Waals surface area contributed by atoms with E-state index in [0.29, 0.717) is 6.10 Å². The number of hydrogen-bond donors (Lipinski definition) is 2. The highest BCUT2D eigenvalue weighted by Crippen LogP contribution is 2.16. The molecular weight excluding hydrogens is 168 g/mol. The summed E-state index contributed by atoms with van der Waals surface area (Å²) in [6, 6.07) is 0. The van der Waals surface area contributed by atoms with Crippen LogP contribution in [0.4, 0.5) is 0 Å². The number of nitrogens with one attached hydrogen (secondary N) is 1. The molecule has 1 atom stereocenters. The third kappa shape index (κ3) is 4.85. The first-order valence-electron chi connectivity index (χ1n) is 4.89. The first-order chi connectivity index (χ1) is 6.29. The summed E-state index contributed by atoms with van der Waals surface area (Å²) >= 11 is 0. The quantitative estimate of drug-likeness (QED) is 0.575. The molecule has 1 amide bonds. The van der Waals surface area contributed by atoms with E-state index in [1.54, 1.807) is 0 Å². The molecule has 0 aliphatic carbocycles. The molecule has 1 aliphatic heterocycles. The first kappa shape index (κ1) is 10.5. The molecule has 13 heavy (non-hydrogen) atoms. The minimum atomic E-state index is -0.294. The van der Waals surface area contributed by atoms with Crippen LogP contribution in [0.15, 0.2) is 0 Å². The van der Waals surface area contributed by atoms with Crippen LogP contribution >= 0.6 is 0 Å². The molecular formula is C9H18N2O2. The fourth-order valence-electron chi connectivity index (χ4n) is 1.54. The number of ether oxygens (including phenoxy) is 1. The maximum Gasteiger partial charge on any atom is 0.231 e. The van der Waals surface area contributed by atoms with E-state index in [9.17, 15) is 4.79 Å². The van der Waals surface area contributed by atoms with E-state index in [0.717, 1.165) is 26.0 Å². The van der Waals surface area contributed by atoms with Crippen molar-refractivity contribution in [3.05, 3.63) is 0 Å². The van der Waals surface area contributed by atoms with Crippen LogP contribution < -0.4 is 11.1 Å². The Morgan fingerprint density at radius 1 is 1.62 bits per heavy atom. The number of amides is 1. The molecule has 76 valence electrons. The molecule has 1 saturated heterocycles. The highest BCUT2D eigenvalue weighted by molar-refractivity contribution is 5.75. The fourth-order valence-corrected chi connectivity index (χ4v) is 1.54. The summed E-state index contributed by atoms with van der Waals surface area (Å²) in [6.07, 6.45) is 4.98. The van der Waals surface area contributed by atoms with Gasteiger partial charge in [0.25, 0.3) is 0 Å². The van der Waals surface area contributed by atoms with Crippen molar-refractivity contribution < 1.29 is 9.53 Å². The zero-order valence-electron chi connectivity index (χ0n) is 7.92. The zero-order valence-corrected chi connectivity index (χ0v) is 7.92. The second kappa shape index (κ2) is 5.94. The standard InChI is InChI=1S/C9H18N2O2/c10-9(12)7-11-5-1-3-8-4-2-6-13-8/h8,11H,1-7H2,(H2,10,12). The number of primary amides is 1. The van der Waals surface area contributed by atoms with Gasteiger partial charge in [-0.15, -0.1) is 0 Å². The van der Waals surface area contributed by atoms with Gasteiger partial charge < -0.3 is 15.8 Å². The van der Waals surface area contributed by atoms with Crippen LogP contribution in [-0.4, -0.2) is 31.7 Å². The minimum absolute atomic E-state index is 0.283. The lowest BCUT2D eigenvalue weighted by Crippen LogP contribution is -2.29. The summed E-state index contributed by atoms with van der Waals surface area (Å²) in [6.45, 7) is 2.05. The number of hydrogen-bond acceptors (Lipinski definition) is 3. The van der Waals surface area contributed by atoms with Gasteiger partial charge in [0.15, 0.2) is 0 Å². The molecule has 0 aromatic heterocycles. The first-order valence-corrected chi connectivity index (χ1v) is 4.89. The molecule has 0 aromatic rings. The topological polar surface area (TPSA) is 64.4 Å². The van der Waals surface area contributed by atoms with Crippen molar-refractivity contribution in [3.63, 3.8) is 0 Å². The van der Waals surface area contributed by atoms with E-state index in [1.165, 1.54) is 12.8 Å². The Bertz CT molecular complexity index is 156. The average molecular weight is 186 g/mol. The van der Waals surface area contributed by atoms with E-state index in [2.05, 4.69) is 5.32 Å². The highest BCUT2D eigenvalue weighted by Gasteiger charge is 2.14. The molecule has 0 radical (unpaired) electrons. The minimum Gasteiger partial charge on any atom is -0.378 e. The molecule has 0 spiro atoms. The molecule has 0 saturated carbocycles. The van der Waals surface area contributed by atoms with Crippen LogP contribution in [0.25, 0.3) is 0 Å². The highest BCUT2D eigenvalue weighted by atomic mass is 16.5. The predicted molar refractivity (Wildman–Crippen MR) is 50.3 cm³/mol. The summed E-state index contributed by atoms with van der Waals surface area (Å²) in [5, 5.41) is 2.98. The second-order valence-corrected chi connectivity index (χ2v) is 3.42. The molecule has 0 bridgehead atoms. The van der Waals surface area contributed by atoms with E-state index in [4.69, 9.17) is 10.5 Å². The second-order valence-electron chi connectivity index (χ2n) is 3.42. The fraction of sp³-hybridized carbons (Fsp3) is 0.889. The van der Waals surface area contributed by atoms with Gasteiger partial charge in [-0.1, -0.05) is 0 Å². The van der Waals surface area contributed by atoms with Crippen molar-refractivity contribution in [1.29, 1.82) is 0 Å². The summed E-state index contributed by atoms with van der Waals surface area (Å²) < 4.78 is 5.46. The van der Waals surface area contributed by atoms with E-state index < -0.39 is 0 Å². The molecule has 4 nitrogen and oxygen atoms in total. The molecule has 0 aromatic carbocycles. The average Bonchev–Trinajstić information content (AvgIpc) is 2.55. The summed E-state index contributed by atoms with van der Waals surface area (Å²) in [5.74, 6) is -0.294. The Morgan fingerprint density at radius 2 is 2.46 bits per heavy atom. The molecule has 1 rings (SSSR count). The smallest absolute Gasteiger partial charge is 0.231 e. The van der Waals surface area contributed by atoms with Gasteiger partial charge in [-0.25, -0.2) is 0 Å². The lowest BCUT2D eigenvalue weighted by atomic mass is 10.1. The van der Waals surface area contributed by atoms with Crippen molar-refractivity contribution in [1.82, 2.24) is 5.32 Å². The third-order valence-electron chi connectivity index (χ3n) is 2.20. The van der Waals surface area contributed by atoms with Gasteiger partial charge in [0.2, 0.25) is 5.91 Å². The van der Waals surface area contributed by atoms with Gasteiger partial charge in [0.05, 0.1) is 12.6 Å². The van der Waals surface area contributed by atoms with Gasteiger partial charge in [0, 0.05) is 6.61 Å². The Balaban J connectivity index is 1.86. The molecule has 1 fully saturated rings. The van der Waals surface area contributed by atoms with Crippen LogP contribution in [0.2, 0.25) is 0 Å². The predicted octanol–water partition coefficient (Wildman–Crippen LogP) is 0.0205. The number of rotatable bonds is 6. The Hall–Kier alpha value is -0.610. The lowest BCUT2D eigenvalue weighted by Gasteiger charge is -2.08. The molecule has 1 aliphatic rings. The van der Waals surface area contributed by atoms with Gasteiger partial charge in [-0.05, 0) is 32.2 Å². The van der Waals surface area contributed by atoms with Crippen molar-refractivity contribution in [2.75, 3.05) is 19.7 Å². The van der Waals surface area contributed by atoms with Crippen LogP contribution in [0.3, 0.4) is 0 Å². The molecule has 1 unspecified atom stereocenters. The van der Waals surface area contributed by atoms with Gasteiger partial charge in [-0.2, -0.15) is 0 Å². The Kier molecular flexibility index (Phi) is 4.78. The Morgan fingerprint density at radius 3 is 3.08 bits per heavy atom. The maximum atomic E-state index is 10.4. The van der Waals surface area contributed by atoms with Crippen molar-refractivity contribution in [3.8, 4) is 0 Å². The normalized spacial score (nSPS) is 22.0. The van der Waals surface area contributed by atoms with Crippen LogP contribution in [0.1, 0.15) is 25.7 Å². The summed E-state index contributed by atoms with van der Waals surface area (Å²) in [4.78, 5) is 10.4. The third-order valence-corrected chi connectivity index (χ3v) is 2.20. The van der Waals surface area contributed by atoms with Gasteiger partial charge in [0.1, 0.15) is 0 Å². The summed E-state index contributed by atoms with van der Waals surface area (Å²) in [7, 11) is 0. The molecule has 1 heterocycles. The zero-order chi connectivity index (χ0) is 9.52. The van der Waals surface area contributed by atoms with Gasteiger partial charge >= 0.3 is 0 Å². The van der Waals surface area contributed by atoms with E-state index in [-0.39, 0.29) is 12.5 Å². The summed E-state index contributed by atoms with van der Waals surface area (Å²) in [5.41, 5.74) is 4.97. The molecule has 3 N–H and O–H groups in total. The van der Waals surface area contributed by atoms with Gasteiger partial charge in [-0.3, -0.25) is 4.79 Å². The van der Waals surface area contributed by atoms with Crippen molar-refractivity contribution in [2.45, 2.75) is 31.8 Å². The van der Waals surface area contributed by atoms with Crippen LogP contribution in [0, 0.1) is 0 Å². The largest absolute Gasteiger partial charge is 0.378 e. The van der Waals surface area contributed by atoms with Crippen LogP contribution in [-0.2, 0) is 9.53 Å².